The summed E-state index contributed by atoms with van der Waals surface area (Å²) in [4.78, 5) is 19.5. The maximum Gasteiger partial charge on any atom is 0.277 e. The van der Waals surface area contributed by atoms with E-state index in [1.807, 2.05) is 23.4 Å². The van der Waals surface area contributed by atoms with Crippen LogP contribution in [0.25, 0.3) is 10.6 Å². The van der Waals surface area contributed by atoms with Crippen molar-refractivity contribution in [1.82, 2.24) is 25.0 Å². The van der Waals surface area contributed by atoms with Crippen LogP contribution < -0.4 is 4.90 Å². The van der Waals surface area contributed by atoms with Gasteiger partial charge in [0.15, 0.2) is 0 Å². The molecule has 1 N–H and O–H groups in total. The number of aromatic amines is 1. The highest BCUT2D eigenvalue weighted by atomic mass is 32.1. The number of fused-ring (bicyclic) bond motifs is 1. The molecule has 1 aliphatic heterocycles. The highest BCUT2D eigenvalue weighted by Gasteiger charge is 2.36. The number of amides is 1. The molecule has 3 aromatic heterocycles. The Morgan fingerprint density at radius 3 is 3.07 bits per heavy atom. The zero-order valence-corrected chi connectivity index (χ0v) is 16.5. The van der Waals surface area contributed by atoms with E-state index < -0.39 is 0 Å². The molecule has 0 radical (unpaired) electrons. The molecule has 0 aromatic carbocycles. The van der Waals surface area contributed by atoms with Crippen LogP contribution in [0, 0.1) is 0 Å². The Bertz CT molecular complexity index is 973. The Balaban J connectivity index is 1.36. The van der Waals surface area contributed by atoms with Crippen LogP contribution >= 0.6 is 11.3 Å². The fourth-order valence-corrected chi connectivity index (χ4v) is 4.79. The number of hydrogen-bond donors (Lipinski definition) is 1. The molecule has 1 saturated carbocycles. The summed E-state index contributed by atoms with van der Waals surface area (Å²) in [7, 11) is 0. The number of aromatic nitrogens is 5. The minimum atomic E-state index is -0.0627. The van der Waals surface area contributed by atoms with Crippen molar-refractivity contribution in [2.75, 3.05) is 18.1 Å². The summed E-state index contributed by atoms with van der Waals surface area (Å²) in [6.45, 7) is 3.48. The molecule has 1 aliphatic carbocycles. The van der Waals surface area contributed by atoms with Gasteiger partial charge in [0.05, 0.1) is 35.9 Å². The van der Waals surface area contributed by atoms with Crippen molar-refractivity contribution < 1.29 is 9.53 Å². The molecule has 0 saturated heterocycles. The fraction of sp³-hybridized carbons (Fsp3) is 0.474. The SMILES string of the molecule is CCOC1CC(n2ncc3c2CCCN3C(=O)c2csc(-c3cn[nH]c3)n2)C1. The number of nitrogens with one attached hydrogen (secondary N) is 1. The van der Waals surface area contributed by atoms with Crippen molar-refractivity contribution in [3.05, 3.63) is 35.4 Å². The summed E-state index contributed by atoms with van der Waals surface area (Å²) in [6, 6.07) is 0.377. The number of rotatable bonds is 5. The Labute approximate surface area is 166 Å². The molecule has 4 heterocycles. The van der Waals surface area contributed by atoms with Gasteiger partial charge in [-0.25, -0.2) is 4.98 Å². The van der Waals surface area contributed by atoms with Crippen molar-refractivity contribution in [3.8, 4) is 10.6 Å². The second-order valence-corrected chi connectivity index (χ2v) is 8.07. The molecule has 0 bridgehead atoms. The third-order valence-corrected chi connectivity index (χ3v) is 6.39. The van der Waals surface area contributed by atoms with Gasteiger partial charge in [-0.1, -0.05) is 0 Å². The molecule has 1 amide bonds. The van der Waals surface area contributed by atoms with Gasteiger partial charge < -0.3 is 9.64 Å². The molecule has 146 valence electrons. The van der Waals surface area contributed by atoms with Gasteiger partial charge in [0, 0.05) is 30.3 Å². The van der Waals surface area contributed by atoms with Crippen LogP contribution in [-0.4, -0.2) is 50.1 Å². The Kier molecular flexibility index (Phi) is 4.48. The van der Waals surface area contributed by atoms with E-state index in [-0.39, 0.29) is 5.91 Å². The first kappa shape index (κ1) is 17.6. The van der Waals surface area contributed by atoms with Crippen molar-refractivity contribution >= 4 is 22.9 Å². The lowest BCUT2D eigenvalue weighted by Crippen LogP contribution is -2.38. The van der Waals surface area contributed by atoms with E-state index >= 15 is 0 Å². The van der Waals surface area contributed by atoms with Crippen LogP contribution in [0.15, 0.2) is 24.0 Å². The molecule has 0 atom stereocenters. The standard InChI is InChI=1S/C19H22N6O2S/c1-2-27-14-6-13(7-14)25-16-4-3-5-24(17(16)10-22-25)19(26)15-11-28-18(23-15)12-8-20-21-9-12/h8-11,13-14H,2-7H2,1H3,(H,20,21). The third-order valence-electron chi connectivity index (χ3n) is 5.49. The van der Waals surface area contributed by atoms with Gasteiger partial charge in [-0.3, -0.25) is 14.6 Å². The summed E-state index contributed by atoms with van der Waals surface area (Å²) < 4.78 is 7.79. The quantitative estimate of drug-likeness (QED) is 0.713. The first-order valence-electron chi connectivity index (χ1n) is 9.69. The molecule has 2 aliphatic rings. The van der Waals surface area contributed by atoms with Crippen LogP contribution in [-0.2, 0) is 11.2 Å². The maximum atomic E-state index is 13.1. The van der Waals surface area contributed by atoms with Crippen LogP contribution in [0.3, 0.4) is 0 Å². The first-order valence-corrected chi connectivity index (χ1v) is 10.6. The van der Waals surface area contributed by atoms with Gasteiger partial charge in [-0.2, -0.15) is 10.2 Å². The summed E-state index contributed by atoms with van der Waals surface area (Å²) >= 11 is 1.46. The van der Waals surface area contributed by atoms with E-state index in [0.29, 0.717) is 24.4 Å². The van der Waals surface area contributed by atoms with E-state index in [1.165, 1.54) is 11.3 Å². The molecule has 1 fully saturated rings. The summed E-state index contributed by atoms with van der Waals surface area (Å²) in [6.07, 6.45) is 9.55. The molecule has 0 spiro atoms. The number of H-pyrrole nitrogens is 1. The van der Waals surface area contributed by atoms with Crippen molar-refractivity contribution in [1.29, 1.82) is 0 Å². The lowest BCUT2D eigenvalue weighted by atomic mass is 9.89. The van der Waals surface area contributed by atoms with E-state index in [9.17, 15) is 4.79 Å². The van der Waals surface area contributed by atoms with Gasteiger partial charge in [-0.05, 0) is 32.6 Å². The van der Waals surface area contributed by atoms with E-state index in [2.05, 4.69) is 25.0 Å². The van der Waals surface area contributed by atoms with E-state index in [4.69, 9.17) is 4.74 Å². The molecular weight excluding hydrogens is 376 g/mol. The van der Waals surface area contributed by atoms with Gasteiger partial charge >= 0.3 is 0 Å². The summed E-state index contributed by atoms with van der Waals surface area (Å²) in [5, 5.41) is 14.0. The topological polar surface area (TPSA) is 88.9 Å². The number of anilines is 1. The second-order valence-electron chi connectivity index (χ2n) is 7.21. The van der Waals surface area contributed by atoms with E-state index in [0.717, 1.165) is 54.2 Å². The van der Waals surface area contributed by atoms with Gasteiger partial charge in [-0.15, -0.1) is 11.3 Å². The minimum Gasteiger partial charge on any atom is -0.378 e. The Hall–Kier alpha value is -2.52. The molecule has 8 nitrogen and oxygen atoms in total. The van der Waals surface area contributed by atoms with Crippen LogP contribution in [0.4, 0.5) is 5.69 Å². The number of carbonyl (C=O) groups is 1. The fourth-order valence-electron chi connectivity index (χ4n) is 4.02. The van der Waals surface area contributed by atoms with Gasteiger partial charge in [0.25, 0.3) is 5.91 Å². The molecular formula is C19H22N6O2S. The first-order chi connectivity index (χ1) is 13.7. The predicted octanol–water partition coefficient (Wildman–Crippen LogP) is 3.06. The van der Waals surface area contributed by atoms with Gasteiger partial charge in [0.2, 0.25) is 0 Å². The zero-order valence-electron chi connectivity index (χ0n) is 15.7. The monoisotopic (exact) mass is 398 g/mol. The maximum absolute atomic E-state index is 13.1. The van der Waals surface area contributed by atoms with Gasteiger partial charge in [0.1, 0.15) is 10.7 Å². The largest absolute Gasteiger partial charge is 0.378 e. The number of carbonyl (C=O) groups excluding carboxylic acids is 1. The normalized spacial score (nSPS) is 21.4. The average molecular weight is 398 g/mol. The summed E-state index contributed by atoms with van der Waals surface area (Å²) in [5.41, 5.74) is 3.45. The van der Waals surface area contributed by atoms with Crippen LogP contribution in [0.2, 0.25) is 0 Å². The highest BCUT2D eigenvalue weighted by Crippen LogP contribution is 2.38. The van der Waals surface area contributed by atoms with Crippen molar-refractivity contribution in [3.63, 3.8) is 0 Å². The lowest BCUT2D eigenvalue weighted by molar-refractivity contribution is -0.0234. The molecule has 9 heteroatoms. The predicted molar refractivity (Wildman–Crippen MR) is 106 cm³/mol. The number of ether oxygens (including phenoxy) is 1. The average Bonchev–Trinajstić information content (AvgIpc) is 3.43. The van der Waals surface area contributed by atoms with Crippen LogP contribution in [0.1, 0.15) is 48.4 Å². The number of nitrogens with zero attached hydrogens (tertiary/aromatic N) is 5. The number of thiazole rings is 1. The highest BCUT2D eigenvalue weighted by molar-refractivity contribution is 7.13. The lowest BCUT2D eigenvalue weighted by Gasteiger charge is -2.37. The van der Waals surface area contributed by atoms with Crippen molar-refractivity contribution in [2.24, 2.45) is 0 Å². The molecule has 5 rings (SSSR count). The van der Waals surface area contributed by atoms with Crippen molar-refractivity contribution in [2.45, 2.75) is 44.8 Å². The Morgan fingerprint density at radius 2 is 2.29 bits per heavy atom. The summed E-state index contributed by atoms with van der Waals surface area (Å²) in [5.74, 6) is -0.0627. The molecule has 28 heavy (non-hydrogen) atoms. The third kappa shape index (κ3) is 2.94. The Morgan fingerprint density at radius 1 is 1.39 bits per heavy atom. The molecule has 0 unspecified atom stereocenters. The zero-order chi connectivity index (χ0) is 19.1. The smallest absolute Gasteiger partial charge is 0.277 e. The van der Waals surface area contributed by atoms with Crippen LogP contribution in [0.5, 0.6) is 0 Å². The molecule has 3 aromatic rings. The van der Waals surface area contributed by atoms with E-state index in [1.54, 1.807) is 12.4 Å². The second kappa shape index (κ2) is 7.14. The number of hydrogen-bond acceptors (Lipinski definition) is 6. The minimum absolute atomic E-state index is 0.0627.